The maximum absolute atomic E-state index is 13.2. The van der Waals surface area contributed by atoms with Crippen LogP contribution in [0.2, 0.25) is 0 Å². The number of aromatic hydroxyl groups is 1. The number of methoxy groups -OCH3 is 1. The van der Waals surface area contributed by atoms with Crippen LogP contribution in [0.5, 0.6) is 5.75 Å². The quantitative estimate of drug-likeness (QED) is 0.310. The maximum atomic E-state index is 13.2. The highest BCUT2D eigenvalue weighted by Crippen LogP contribution is 2.25. The molecule has 0 radical (unpaired) electrons. The van der Waals surface area contributed by atoms with Crippen molar-refractivity contribution in [1.82, 2.24) is 15.5 Å². The van der Waals surface area contributed by atoms with Gasteiger partial charge >= 0.3 is 12.1 Å². The Morgan fingerprint density at radius 3 is 2.35 bits per heavy atom. The first-order valence-electron chi connectivity index (χ1n) is 11.4. The zero-order valence-electron chi connectivity index (χ0n) is 20.7. The van der Waals surface area contributed by atoms with Gasteiger partial charge in [-0.15, -0.1) is 0 Å². The van der Waals surface area contributed by atoms with Crippen molar-refractivity contribution in [3.8, 4) is 5.75 Å². The Morgan fingerprint density at radius 2 is 1.76 bits per heavy atom. The van der Waals surface area contributed by atoms with E-state index >= 15 is 0 Å². The lowest BCUT2D eigenvalue weighted by atomic mass is 10.0. The third-order valence-corrected chi connectivity index (χ3v) is 4.74. The number of ether oxygens (including phenoxy) is 2. The largest absolute Gasteiger partial charge is 0.508 e. The van der Waals surface area contributed by atoms with Gasteiger partial charge in [0.05, 0.1) is 7.11 Å². The SMILES string of the molecule is CCCCCCN(C(=O)CNC(=O)OC(C)(C)C)C(C(=O)NCC(=O)OC)c1cccc(O)c1. The van der Waals surface area contributed by atoms with Crippen LogP contribution in [0.4, 0.5) is 4.79 Å². The summed E-state index contributed by atoms with van der Waals surface area (Å²) in [5, 5.41) is 14.9. The second-order valence-electron chi connectivity index (χ2n) is 8.79. The van der Waals surface area contributed by atoms with E-state index in [1.807, 2.05) is 0 Å². The first-order valence-corrected chi connectivity index (χ1v) is 11.4. The van der Waals surface area contributed by atoms with Crippen molar-refractivity contribution >= 4 is 23.9 Å². The molecule has 10 nitrogen and oxygen atoms in total. The number of nitrogens with zero attached hydrogens (tertiary/aromatic N) is 1. The Morgan fingerprint density at radius 1 is 1.06 bits per heavy atom. The van der Waals surface area contributed by atoms with E-state index in [0.29, 0.717) is 12.0 Å². The average Bonchev–Trinajstić information content (AvgIpc) is 2.76. The van der Waals surface area contributed by atoms with Crippen molar-refractivity contribution in [2.24, 2.45) is 0 Å². The third-order valence-electron chi connectivity index (χ3n) is 4.74. The number of phenolic OH excluding ortho intramolecular Hbond substituents is 1. The summed E-state index contributed by atoms with van der Waals surface area (Å²) in [6, 6.07) is 4.87. The van der Waals surface area contributed by atoms with Gasteiger partial charge in [-0.2, -0.15) is 0 Å². The summed E-state index contributed by atoms with van der Waals surface area (Å²) in [6.45, 7) is 6.65. The van der Waals surface area contributed by atoms with Crippen molar-refractivity contribution in [3.63, 3.8) is 0 Å². The van der Waals surface area contributed by atoms with Crippen LogP contribution >= 0.6 is 0 Å². The van der Waals surface area contributed by atoms with Crippen molar-refractivity contribution in [3.05, 3.63) is 29.8 Å². The minimum absolute atomic E-state index is 0.0754. The number of rotatable bonds is 12. The molecule has 1 unspecified atom stereocenters. The standard InChI is InChI=1S/C24H37N3O7/c1-6-7-8-9-13-27(19(29)15-26-23(32)34-24(2,3)4)21(17-11-10-12-18(28)14-17)22(31)25-16-20(30)33-5/h10-12,14,21,28H,6-9,13,15-16H2,1-5H3,(H,25,31)(H,26,32). The fraction of sp³-hybridized carbons (Fsp3) is 0.583. The molecule has 0 aliphatic heterocycles. The summed E-state index contributed by atoms with van der Waals surface area (Å²) in [4.78, 5) is 51.3. The molecule has 0 saturated carbocycles. The molecule has 0 bridgehead atoms. The lowest BCUT2D eigenvalue weighted by molar-refractivity contribution is -0.143. The topological polar surface area (TPSA) is 134 Å². The van der Waals surface area contributed by atoms with Gasteiger partial charge in [-0.1, -0.05) is 38.3 Å². The van der Waals surface area contributed by atoms with Gasteiger partial charge in [0.1, 0.15) is 30.5 Å². The second kappa shape index (κ2) is 14.1. The smallest absolute Gasteiger partial charge is 0.408 e. The number of hydrogen-bond donors (Lipinski definition) is 3. The van der Waals surface area contributed by atoms with Crippen LogP contribution in [-0.2, 0) is 23.9 Å². The van der Waals surface area contributed by atoms with Gasteiger partial charge in [-0.05, 0) is 44.9 Å². The molecule has 0 aromatic heterocycles. The molecule has 190 valence electrons. The van der Waals surface area contributed by atoms with E-state index in [-0.39, 0.29) is 25.4 Å². The number of phenols is 1. The number of nitrogens with one attached hydrogen (secondary N) is 2. The monoisotopic (exact) mass is 479 g/mol. The van der Waals surface area contributed by atoms with Gasteiger partial charge in [0.2, 0.25) is 11.8 Å². The molecule has 0 spiro atoms. The van der Waals surface area contributed by atoms with Gasteiger partial charge in [0.25, 0.3) is 0 Å². The summed E-state index contributed by atoms with van der Waals surface area (Å²) in [5.41, 5.74) is -0.367. The Kier molecular flexibility index (Phi) is 11.9. The second-order valence-corrected chi connectivity index (χ2v) is 8.79. The fourth-order valence-electron chi connectivity index (χ4n) is 3.17. The molecule has 1 aromatic carbocycles. The molecule has 0 aliphatic rings. The molecule has 0 heterocycles. The first-order chi connectivity index (χ1) is 16.0. The number of benzene rings is 1. The number of unbranched alkanes of at least 4 members (excludes halogenated alkanes) is 3. The molecule has 1 atom stereocenters. The number of carbonyl (C=O) groups is 4. The average molecular weight is 480 g/mol. The predicted molar refractivity (Wildman–Crippen MR) is 126 cm³/mol. The number of amides is 3. The van der Waals surface area contributed by atoms with Crippen molar-refractivity contribution in [2.75, 3.05) is 26.7 Å². The van der Waals surface area contributed by atoms with Crippen LogP contribution in [0.1, 0.15) is 65.0 Å². The van der Waals surface area contributed by atoms with Crippen LogP contribution in [0.3, 0.4) is 0 Å². The minimum Gasteiger partial charge on any atom is -0.508 e. The van der Waals surface area contributed by atoms with Crippen LogP contribution in [0.15, 0.2) is 24.3 Å². The molecular weight excluding hydrogens is 442 g/mol. The molecule has 0 aliphatic carbocycles. The molecule has 3 N–H and O–H groups in total. The number of hydrogen-bond acceptors (Lipinski definition) is 7. The van der Waals surface area contributed by atoms with Gasteiger partial charge in [-0.25, -0.2) is 4.79 Å². The fourth-order valence-corrected chi connectivity index (χ4v) is 3.17. The van der Waals surface area contributed by atoms with E-state index in [1.54, 1.807) is 32.9 Å². The number of esters is 1. The zero-order valence-corrected chi connectivity index (χ0v) is 20.7. The molecule has 1 aromatic rings. The lowest BCUT2D eigenvalue weighted by Gasteiger charge is -2.31. The molecule has 34 heavy (non-hydrogen) atoms. The Hall–Kier alpha value is -3.30. The summed E-state index contributed by atoms with van der Waals surface area (Å²) in [7, 11) is 1.20. The van der Waals surface area contributed by atoms with E-state index in [4.69, 9.17) is 4.74 Å². The minimum atomic E-state index is -1.13. The Balaban J connectivity index is 3.18. The highest BCUT2D eigenvalue weighted by Gasteiger charge is 2.32. The third kappa shape index (κ3) is 10.5. The van der Waals surface area contributed by atoms with Crippen molar-refractivity contribution < 1.29 is 33.8 Å². The van der Waals surface area contributed by atoms with E-state index in [0.717, 1.165) is 19.3 Å². The summed E-state index contributed by atoms with van der Waals surface area (Å²) in [5.74, 6) is -1.84. The van der Waals surface area contributed by atoms with Crippen LogP contribution in [0, 0.1) is 0 Å². The van der Waals surface area contributed by atoms with Crippen LogP contribution in [0.25, 0.3) is 0 Å². The van der Waals surface area contributed by atoms with Gasteiger partial charge in [0, 0.05) is 6.54 Å². The highest BCUT2D eigenvalue weighted by molar-refractivity contribution is 5.91. The molecule has 3 amide bonds. The van der Waals surface area contributed by atoms with E-state index in [9.17, 15) is 24.3 Å². The number of carbonyl (C=O) groups excluding carboxylic acids is 4. The van der Waals surface area contributed by atoms with E-state index < -0.39 is 35.5 Å². The molecule has 0 saturated heterocycles. The molecule has 10 heteroatoms. The Labute approximate surface area is 201 Å². The van der Waals surface area contributed by atoms with Gasteiger partial charge in [0.15, 0.2) is 0 Å². The zero-order chi connectivity index (χ0) is 25.7. The normalized spacial score (nSPS) is 11.8. The number of alkyl carbamates (subject to hydrolysis) is 1. The lowest BCUT2D eigenvalue weighted by Crippen LogP contribution is -2.48. The van der Waals surface area contributed by atoms with E-state index in [2.05, 4.69) is 22.3 Å². The van der Waals surface area contributed by atoms with Crippen molar-refractivity contribution in [2.45, 2.75) is 65.0 Å². The van der Waals surface area contributed by atoms with Crippen LogP contribution < -0.4 is 10.6 Å². The summed E-state index contributed by atoms with van der Waals surface area (Å²) in [6.07, 6.45) is 2.67. The first kappa shape index (κ1) is 28.7. The van der Waals surface area contributed by atoms with Crippen molar-refractivity contribution in [1.29, 1.82) is 0 Å². The molecular formula is C24H37N3O7. The highest BCUT2D eigenvalue weighted by atomic mass is 16.6. The predicted octanol–water partition coefficient (Wildman–Crippen LogP) is 2.66. The molecule has 1 rings (SSSR count). The van der Waals surface area contributed by atoms with Gasteiger partial charge in [-0.3, -0.25) is 14.4 Å². The van der Waals surface area contributed by atoms with Crippen LogP contribution in [-0.4, -0.2) is 66.2 Å². The summed E-state index contributed by atoms with van der Waals surface area (Å²) < 4.78 is 9.76. The maximum Gasteiger partial charge on any atom is 0.408 e. The van der Waals surface area contributed by atoms with Gasteiger partial charge < -0.3 is 30.1 Å². The summed E-state index contributed by atoms with van der Waals surface area (Å²) >= 11 is 0. The Bertz CT molecular complexity index is 836. The molecule has 0 fully saturated rings. The van der Waals surface area contributed by atoms with E-state index in [1.165, 1.54) is 24.1 Å².